The molecule has 3 aromatic rings. The fourth-order valence-corrected chi connectivity index (χ4v) is 6.87. The molecule has 0 unspecified atom stereocenters. The van der Waals surface area contributed by atoms with E-state index in [-0.39, 0.29) is 24.6 Å². The monoisotopic (exact) mass is 593 g/mol. The highest BCUT2D eigenvalue weighted by atomic mass is 16.5. The van der Waals surface area contributed by atoms with E-state index in [0.717, 1.165) is 49.0 Å². The number of hydrogen-bond donors (Lipinski definition) is 0. The second kappa shape index (κ2) is 12.8. The summed E-state index contributed by atoms with van der Waals surface area (Å²) in [4.78, 5) is 35.1. The molecule has 1 aromatic heterocycles. The van der Waals surface area contributed by atoms with Crippen molar-refractivity contribution < 1.29 is 9.53 Å². The molecule has 3 heterocycles. The van der Waals surface area contributed by atoms with Crippen LogP contribution >= 0.6 is 0 Å². The van der Waals surface area contributed by atoms with Crippen LogP contribution in [0.3, 0.4) is 0 Å². The average molecular weight is 594 g/mol. The Balaban J connectivity index is 1.32. The first-order valence-corrected chi connectivity index (χ1v) is 15.8. The number of rotatable bonds is 10. The minimum Gasteiger partial charge on any atom is -0.459 e. The molecular formula is C35H43N7O2. The molecule has 2 fully saturated rings. The van der Waals surface area contributed by atoms with Crippen molar-refractivity contribution in [2.45, 2.75) is 51.8 Å². The van der Waals surface area contributed by atoms with Crippen molar-refractivity contribution in [3.05, 3.63) is 77.3 Å². The molecule has 1 saturated carbocycles. The molecule has 0 bridgehead atoms. The van der Waals surface area contributed by atoms with Crippen LogP contribution in [0.25, 0.3) is 15.6 Å². The van der Waals surface area contributed by atoms with Crippen LogP contribution in [0.5, 0.6) is 6.01 Å². The van der Waals surface area contributed by atoms with Gasteiger partial charge in [-0.15, -0.1) is 0 Å². The highest BCUT2D eigenvalue weighted by molar-refractivity contribution is 5.97. The summed E-state index contributed by atoms with van der Waals surface area (Å²) in [6.45, 7) is 20.8. The molecule has 44 heavy (non-hydrogen) atoms. The third kappa shape index (κ3) is 6.36. The fourth-order valence-electron chi connectivity index (χ4n) is 6.87. The molecule has 2 aliphatic heterocycles. The quantitative estimate of drug-likeness (QED) is 0.249. The van der Waals surface area contributed by atoms with Gasteiger partial charge in [-0.2, -0.15) is 9.97 Å². The van der Waals surface area contributed by atoms with Crippen LogP contribution in [0.2, 0.25) is 0 Å². The van der Waals surface area contributed by atoms with Crippen molar-refractivity contribution in [1.82, 2.24) is 19.8 Å². The normalized spacial score (nSPS) is 19.1. The van der Waals surface area contributed by atoms with E-state index in [1.54, 1.807) is 4.90 Å². The van der Waals surface area contributed by atoms with Gasteiger partial charge in [0.2, 0.25) is 12.5 Å². The summed E-state index contributed by atoms with van der Waals surface area (Å²) in [5, 5.41) is 2.52. The number of fused-ring (bicyclic) bond motifs is 2. The SMILES string of the molecule is [C-]#[N+]C[C@H]1CN(c2nc(O[C@H](C)CN(C)CC3CC3)nc3c2CCN(c2cccc4cccc(C)c24)C3)CCN1C(=O)C=C. The maximum Gasteiger partial charge on any atom is 0.318 e. The van der Waals surface area contributed by atoms with Gasteiger partial charge in [0, 0.05) is 55.9 Å². The maximum atomic E-state index is 12.6. The summed E-state index contributed by atoms with van der Waals surface area (Å²) in [5.41, 5.74) is 4.59. The number of carbonyl (C=O) groups excluding carboxylic acids is 1. The van der Waals surface area contributed by atoms with Gasteiger partial charge in [-0.3, -0.25) is 4.79 Å². The number of carbonyl (C=O) groups is 1. The predicted octanol–water partition coefficient (Wildman–Crippen LogP) is 4.73. The largest absolute Gasteiger partial charge is 0.459 e. The zero-order valence-electron chi connectivity index (χ0n) is 26.2. The van der Waals surface area contributed by atoms with Gasteiger partial charge >= 0.3 is 6.01 Å². The van der Waals surface area contributed by atoms with Gasteiger partial charge in [0.05, 0.1) is 12.2 Å². The van der Waals surface area contributed by atoms with Crippen LogP contribution in [0.15, 0.2) is 49.1 Å². The number of aromatic nitrogens is 2. The molecule has 2 atom stereocenters. The minimum atomic E-state index is -0.226. The number of aryl methyl sites for hydroxylation is 1. The number of amides is 1. The molecule has 3 aliphatic rings. The summed E-state index contributed by atoms with van der Waals surface area (Å²) < 4.78 is 6.43. The number of anilines is 2. The van der Waals surface area contributed by atoms with E-state index < -0.39 is 0 Å². The Morgan fingerprint density at radius 3 is 2.73 bits per heavy atom. The Labute approximate surface area is 260 Å². The second-order valence-electron chi connectivity index (χ2n) is 12.6. The molecule has 1 aliphatic carbocycles. The summed E-state index contributed by atoms with van der Waals surface area (Å²) in [6.07, 6.45) is 4.72. The summed E-state index contributed by atoms with van der Waals surface area (Å²) in [6, 6.07) is 13.2. The standard InChI is InChI=1S/C35H43N7O2/c1-6-32(43)42-18-17-41(22-28(42)19-36-4)34-29-15-16-40(31-12-8-11-27-10-7-9-24(2)33(27)31)23-30(29)37-35(38-34)44-25(3)20-39(5)21-26-13-14-26/h6-12,25-26,28H,1,13-23H2,2-3,5H3/t25-,28+/m1/s1. The second-order valence-corrected chi connectivity index (χ2v) is 12.6. The molecule has 230 valence electrons. The number of piperazine rings is 1. The Kier molecular flexibility index (Phi) is 8.72. The van der Waals surface area contributed by atoms with Crippen molar-refractivity contribution >= 4 is 28.2 Å². The lowest BCUT2D eigenvalue weighted by Crippen LogP contribution is -2.56. The highest BCUT2D eigenvalue weighted by Crippen LogP contribution is 2.36. The molecule has 9 nitrogen and oxygen atoms in total. The predicted molar refractivity (Wildman–Crippen MR) is 175 cm³/mol. The molecule has 0 radical (unpaired) electrons. The molecule has 0 spiro atoms. The number of nitrogens with zero attached hydrogens (tertiary/aromatic N) is 7. The maximum absolute atomic E-state index is 12.6. The van der Waals surface area contributed by atoms with E-state index in [4.69, 9.17) is 21.3 Å². The van der Waals surface area contributed by atoms with Gasteiger partial charge in [-0.05, 0) is 69.2 Å². The zero-order chi connectivity index (χ0) is 30.8. The summed E-state index contributed by atoms with van der Waals surface area (Å²) in [7, 11) is 2.16. The Morgan fingerprint density at radius 2 is 1.98 bits per heavy atom. The molecule has 9 heteroatoms. The first kappa shape index (κ1) is 29.9. The van der Waals surface area contributed by atoms with Crippen molar-refractivity contribution in [2.75, 3.05) is 62.7 Å². The molecule has 1 amide bonds. The number of benzene rings is 2. The van der Waals surface area contributed by atoms with Crippen molar-refractivity contribution in [2.24, 2.45) is 5.92 Å². The van der Waals surface area contributed by atoms with Crippen molar-refractivity contribution in [3.63, 3.8) is 0 Å². The van der Waals surface area contributed by atoms with Gasteiger partial charge in [-0.25, -0.2) is 6.57 Å². The van der Waals surface area contributed by atoms with Crippen LogP contribution in [-0.2, 0) is 17.8 Å². The van der Waals surface area contributed by atoms with Gasteiger partial charge in [-0.1, -0.05) is 36.9 Å². The lowest BCUT2D eigenvalue weighted by molar-refractivity contribution is -0.128. The lowest BCUT2D eigenvalue weighted by Gasteiger charge is -2.41. The molecule has 2 aromatic carbocycles. The third-order valence-corrected chi connectivity index (χ3v) is 9.14. The van der Waals surface area contributed by atoms with E-state index in [2.05, 4.69) is 83.4 Å². The summed E-state index contributed by atoms with van der Waals surface area (Å²) in [5.74, 6) is 1.56. The highest BCUT2D eigenvalue weighted by Gasteiger charge is 2.35. The van der Waals surface area contributed by atoms with Crippen LogP contribution in [0.4, 0.5) is 11.5 Å². The molecule has 6 rings (SSSR count). The van der Waals surface area contributed by atoms with Crippen LogP contribution in [0.1, 0.15) is 36.6 Å². The van der Waals surface area contributed by atoms with Gasteiger partial charge in [0.15, 0.2) is 0 Å². The van der Waals surface area contributed by atoms with Crippen molar-refractivity contribution in [1.29, 1.82) is 0 Å². The van der Waals surface area contributed by atoms with E-state index in [9.17, 15) is 4.79 Å². The third-order valence-electron chi connectivity index (χ3n) is 9.14. The molecular weight excluding hydrogens is 550 g/mol. The van der Waals surface area contributed by atoms with Crippen LogP contribution in [0, 0.1) is 19.4 Å². The Hall–Kier alpha value is -4.16. The first-order chi connectivity index (χ1) is 21.3. The van der Waals surface area contributed by atoms with Gasteiger partial charge < -0.3 is 29.2 Å². The smallest absolute Gasteiger partial charge is 0.318 e. The number of ether oxygens (including phenoxy) is 1. The Bertz CT molecular complexity index is 1570. The number of likely N-dealkylation sites (N-methyl/N-ethyl adjacent to an activating group) is 1. The van der Waals surface area contributed by atoms with Crippen LogP contribution in [-0.4, -0.2) is 90.7 Å². The first-order valence-electron chi connectivity index (χ1n) is 15.8. The Morgan fingerprint density at radius 1 is 1.18 bits per heavy atom. The lowest BCUT2D eigenvalue weighted by atomic mass is 9.99. The molecule has 0 N–H and O–H groups in total. The summed E-state index contributed by atoms with van der Waals surface area (Å²) >= 11 is 0. The van der Waals surface area contributed by atoms with Gasteiger partial charge in [0.1, 0.15) is 18.0 Å². The van der Waals surface area contributed by atoms with E-state index in [1.807, 2.05) is 0 Å². The number of hydrogen-bond acceptors (Lipinski definition) is 7. The van der Waals surface area contributed by atoms with Crippen LogP contribution < -0.4 is 14.5 Å². The van der Waals surface area contributed by atoms with E-state index in [1.165, 1.54) is 40.9 Å². The minimum absolute atomic E-state index is 0.0676. The van der Waals surface area contributed by atoms with Gasteiger partial charge in [0.25, 0.3) is 0 Å². The zero-order valence-corrected chi connectivity index (χ0v) is 26.2. The van der Waals surface area contributed by atoms with Crippen molar-refractivity contribution in [3.8, 4) is 6.01 Å². The topological polar surface area (TPSA) is 69.4 Å². The van der Waals surface area contributed by atoms with E-state index in [0.29, 0.717) is 32.2 Å². The fraction of sp³-hybridized carbons (Fsp3) is 0.486. The van der Waals surface area contributed by atoms with E-state index >= 15 is 0 Å². The average Bonchev–Trinajstić information content (AvgIpc) is 3.83. The molecule has 1 saturated heterocycles.